The maximum Gasteiger partial charge on any atom is 0.244 e. The molecule has 1 N–H and O–H groups in total. The molecule has 20 heavy (non-hydrogen) atoms. The third kappa shape index (κ3) is 2.04. The highest BCUT2D eigenvalue weighted by Crippen LogP contribution is 2.38. The molecule has 0 aromatic carbocycles. The fourth-order valence-electron chi connectivity index (χ4n) is 3.54. The average Bonchev–Trinajstić information content (AvgIpc) is 3.16. The lowest BCUT2D eigenvalue weighted by Crippen LogP contribution is -2.30. The Hall–Kier alpha value is -1.69. The largest absolute Gasteiger partial charge is 0.337 e. The molecule has 1 aliphatic heterocycles. The van der Waals surface area contributed by atoms with Gasteiger partial charge in [0.15, 0.2) is 0 Å². The van der Waals surface area contributed by atoms with Crippen molar-refractivity contribution in [2.24, 2.45) is 13.0 Å². The van der Waals surface area contributed by atoms with Gasteiger partial charge in [0, 0.05) is 19.3 Å². The van der Waals surface area contributed by atoms with Crippen molar-refractivity contribution in [2.75, 3.05) is 0 Å². The van der Waals surface area contributed by atoms with Crippen LogP contribution in [0.4, 0.5) is 0 Å². The third-order valence-corrected chi connectivity index (χ3v) is 4.57. The fraction of sp³-hybridized carbons (Fsp3) is 0.643. The lowest BCUT2D eigenvalue weighted by molar-refractivity contribution is 0.324. The van der Waals surface area contributed by atoms with Gasteiger partial charge in [-0.2, -0.15) is 10.1 Å². The molecule has 1 saturated carbocycles. The van der Waals surface area contributed by atoms with Crippen LogP contribution in [0.2, 0.25) is 0 Å². The van der Waals surface area contributed by atoms with Gasteiger partial charge in [0.1, 0.15) is 0 Å². The predicted molar refractivity (Wildman–Crippen MR) is 72.7 cm³/mol. The van der Waals surface area contributed by atoms with Gasteiger partial charge in [-0.25, -0.2) is 0 Å². The Morgan fingerprint density at radius 3 is 3.05 bits per heavy atom. The lowest BCUT2D eigenvalue weighted by atomic mass is 9.85. The number of nitrogens with one attached hydrogen (secondary N) is 1. The van der Waals surface area contributed by atoms with Crippen molar-refractivity contribution in [1.29, 1.82) is 0 Å². The first kappa shape index (κ1) is 12.1. The van der Waals surface area contributed by atoms with Crippen molar-refractivity contribution in [3.05, 3.63) is 18.3 Å². The van der Waals surface area contributed by atoms with Gasteiger partial charge in [-0.1, -0.05) is 18.0 Å². The summed E-state index contributed by atoms with van der Waals surface area (Å²) < 4.78 is 7.20. The highest BCUT2D eigenvalue weighted by atomic mass is 16.5. The lowest BCUT2D eigenvalue weighted by Gasteiger charge is -2.24. The summed E-state index contributed by atoms with van der Waals surface area (Å²) in [4.78, 5) is 4.54. The molecule has 0 spiro atoms. The SMILES string of the molecule is Cn1cc(-c2noc(C3CC4CCCCC4N3)n2)cn1. The van der Waals surface area contributed by atoms with Crippen LogP contribution in [0.15, 0.2) is 16.9 Å². The second-order valence-corrected chi connectivity index (χ2v) is 5.96. The van der Waals surface area contributed by atoms with Gasteiger partial charge in [0.25, 0.3) is 0 Å². The van der Waals surface area contributed by atoms with E-state index >= 15 is 0 Å². The third-order valence-electron chi connectivity index (χ3n) is 4.57. The van der Waals surface area contributed by atoms with Crippen molar-refractivity contribution in [1.82, 2.24) is 25.2 Å². The zero-order valence-electron chi connectivity index (χ0n) is 11.6. The molecule has 4 rings (SSSR count). The summed E-state index contributed by atoms with van der Waals surface area (Å²) in [5.41, 5.74) is 0.901. The minimum atomic E-state index is 0.223. The van der Waals surface area contributed by atoms with E-state index < -0.39 is 0 Å². The second kappa shape index (κ2) is 4.70. The first-order valence-electron chi connectivity index (χ1n) is 7.38. The molecule has 2 aromatic heterocycles. The van der Waals surface area contributed by atoms with E-state index in [1.54, 1.807) is 10.9 Å². The van der Waals surface area contributed by atoms with E-state index in [0.29, 0.717) is 11.9 Å². The number of nitrogens with zero attached hydrogens (tertiary/aromatic N) is 4. The molecule has 0 radical (unpaired) electrons. The van der Waals surface area contributed by atoms with Crippen LogP contribution in [0, 0.1) is 5.92 Å². The van der Waals surface area contributed by atoms with Crippen LogP contribution < -0.4 is 5.32 Å². The Balaban J connectivity index is 1.54. The standard InChI is InChI=1S/C14H19N5O/c1-19-8-10(7-15-19)13-17-14(20-18-13)12-6-9-4-2-3-5-11(9)16-12/h7-9,11-12,16H,2-6H2,1H3. The Morgan fingerprint density at radius 1 is 1.35 bits per heavy atom. The van der Waals surface area contributed by atoms with E-state index in [4.69, 9.17) is 4.52 Å². The molecule has 0 bridgehead atoms. The molecular weight excluding hydrogens is 254 g/mol. The van der Waals surface area contributed by atoms with Crippen molar-refractivity contribution in [3.63, 3.8) is 0 Å². The molecule has 1 aliphatic carbocycles. The maximum absolute atomic E-state index is 5.46. The van der Waals surface area contributed by atoms with Crippen LogP contribution in [0.3, 0.4) is 0 Å². The van der Waals surface area contributed by atoms with Gasteiger partial charge in [0.2, 0.25) is 11.7 Å². The number of fused-ring (bicyclic) bond motifs is 1. The summed E-state index contributed by atoms with van der Waals surface area (Å²) in [5, 5.41) is 11.9. The van der Waals surface area contributed by atoms with E-state index in [-0.39, 0.29) is 6.04 Å². The van der Waals surface area contributed by atoms with Crippen LogP contribution in [0.1, 0.15) is 44.0 Å². The number of hydrogen-bond acceptors (Lipinski definition) is 5. The number of rotatable bonds is 2. The fourth-order valence-corrected chi connectivity index (χ4v) is 3.54. The summed E-state index contributed by atoms with van der Waals surface area (Å²) in [6, 6.07) is 0.864. The second-order valence-electron chi connectivity index (χ2n) is 5.96. The summed E-state index contributed by atoms with van der Waals surface area (Å²) in [5.74, 6) is 2.13. The van der Waals surface area contributed by atoms with Gasteiger partial charge in [-0.15, -0.1) is 0 Å². The zero-order valence-corrected chi connectivity index (χ0v) is 11.6. The van der Waals surface area contributed by atoms with Gasteiger partial charge < -0.3 is 9.84 Å². The topological polar surface area (TPSA) is 68.8 Å². The van der Waals surface area contributed by atoms with Crippen LogP contribution in [-0.2, 0) is 7.05 Å². The van der Waals surface area contributed by atoms with E-state index in [0.717, 1.165) is 23.8 Å². The van der Waals surface area contributed by atoms with Crippen molar-refractivity contribution >= 4 is 0 Å². The highest BCUT2D eigenvalue weighted by Gasteiger charge is 2.38. The Kier molecular flexibility index (Phi) is 2.84. The summed E-state index contributed by atoms with van der Waals surface area (Å²) in [7, 11) is 1.88. The summed E-state index contributed by atoms with van der Waals surface area (Å²) >= 11 is 0. The first-order chi connectivity index (χ1) is 9.79. The van der Waals surface area contributed by atoms with Gasteiger partial charge in [0.05, 0.1) is 17.8 Å². The van der Waals surface area contributed by atoms with Crippen LogP contribution in [0.25, 0.3) is 11.4 Å². The molecule has 2 aromatic rings. The quantitative estimate of drug-likeness (QED) is 0.907. The smallest absolute Gasteiger partial charge is 0.244 e. The average molecular weight is 273 g/mol. The first-order valence-corrected chi connectivity index (χ1v) is 7.38. The van der Waals surface area contributed by atoms with E-state index in [1.807, 2.05) is 13.2 Å². The molecule has 6 heteroatoms. The molecule has 2 aliphatic rings. The van der Waals surface area contributed by atoms with Crippen molar-refractivity contribution in [2.45, 2.75) is 44.2 Å². The summed E-state index contributed by atoms with van der Waals surface area (Å²) in [6.07, 6.45) is 10.1. The van der Waals surface area contributed by atoms with Crippen molar-refractivity contribution < 1.29 is 4.52 Å². The minimum absolute atomic E-state index is 0.223. The molecule has 3 unspecified atom stereocenters. The Labute approximate surface area is 117 Å². The minimum Gasteiger partial charge on any atom is -0.337 e. The molecule has 0 amide bonds. The molecular formula is C14H19N5O. The Bertz CT molecular complexity index is 590. The predicted octanol–water partition coefficient (Wildman–Crippen LogP) is 2.06. The van der Waals surface area contributed by atoms with E-state index in [9.17, 15) is 0 Å². The molecule has 2 fully saturated rings. The zero-order chi connectivity index (χ0) is 13.5. The van der Waals surface area contributed by atoms with Crippen LogP contribution in [0.5, 0.6) is 0 Å². The normalized spacial score (nSPS) is 29.6. The van der Waals surface area contributed by atoms with Crippen LogP contribution in [-0.4, -0.2) is 26.0 Å². The van der Waals surface area contributed by atoms with Gasteiger partial charge in [-0.05, 0) is 25.2 Å². The van der Waals surface area contributed by atoms with E-state index in [2.05, 4.69) is 20.6 Å². The highest BCUT2D eigenvalue weighted by molar-refractivity contribution is 5.51. The molecule has 106 valence electrons. The maximum atomic E-state index is 5.46. The van der Waals surface area contributed by atoms with Crippen LogP contribution >= 0.6 is 0 Å². The molecule has 1 saturated heterocycles. The number of hydrogen-bond donors (Lipinski definition) is 1. The monoisotopic (exact) mass is 273 g/mol. The van der Waals surface area contributed by atoms with E-state index in [1.165, 1.54) is 25.7 Å². The Morgan fingerprint density at radius 2 is 2.25 bits per heavy atom. The van der Waals surface area contributed by atoms with Gasteiger partial charge in [-0.3, -0.25) is 4.68 Å². The van der Waals surface area contributed by atoms with Crippen molar-refractivity contribution in [3.8, 4) is 11.4 Å². The molecule has 3 heterocycles. The molecule has 3 atom stereocenters. The number of aromatic nitrogens is 4. The van der Waals surface area contributed by atoms with Gasteiger partial charge >= 0.3 is 0 Å². The molecule has 6 nitrogen and oxygen atoms in total. The number of aryl methyl sites for hydroxylation is 1. The summed E-state index contributed by atoms with van der Waals surface area (Å²) in [6.45, 7) is 0.